The van der Waals surface area contributed by atoms with E-state index in [9.17, 15) is 14.4 Å². The number of nitrogens with one attached hydrogen (secondary N) is 1. The van der Waals surface area contributed by atoms with Crippen molar-refractivity contribution in [2.24, 2.45) is 5.92 Å². The highest BCUT2D eigenvalue weighted by Crippen LogP contribution is 2.34. The number of thiazole rings is 1. The summed E-state index contributed by atoms with van der Waals surface area (Å²) < 4.78 is 4.98. The van der Waals surface area contributed by atoms with Gasteiger partial charge in [0, 0.05) is 36.5 Å². The fourth-order valence-corrected chi connectivity index (χ4v) is 4.22. The first-order chi connectivity index (χ1) is 16.4. The number of ether oxygens (including phenoxy) is 1. The van der Waals surface area contributed by atoms with Crippen LogP contribution in [-0.4, -0.2) is 41.4 Å². The lowest BCUT2D eigenvalue weighted by Gasteiger charge is -2.23. The zero-order valence-electron chi connectivity index (χ0n) is 19.1. The van der Waals surface area contributed by atoms with Gasteiger partial charge in [-0.2, -0.15) is 0 Å². The standard InChI is InChI=1S/C25H26N4O4S/c1-16(30)29(14-17-3-4-17)23-9-5-18(11-21(23)25(32)33-2)22-8-6-19(12-27-22)28-24(31)10-7-20-13-26-15-34-20/h5-6,8-9,11-13,15,17H,3-4,7,10,14H2,1-2H3,(H,28,31). The number of aryl methyl sites for hydroxylation is 1. The Kier molecular flexibility index (Phi) is 7.32. The van der Waals surface area contributed by atoms with E-state index >= 15 is 0 Å². The Morgan fingerprint density at radius 1 is 1.18 bits per heavy atom. The van der Waals surface area contributed by atoms with Crippen molar-refractivity contribution in [3.63, 3.8) is 0 Å². The first-order valence-electron chi connectivity index (χ1n) is 11.1. The average Bonchev–Trinajstić information content (AvgIpc) is 3.52. The number of benzene rings is 1. The normalized spacial score (nSPS) is 12.8. The van der Waals surface area contributed by atoms with Crippen LogP contribution < -0.4 is 10.2 Å². The van der Waals surface area contributed by atoms with Crippen LogP contribution in [-0.2, 0) is 20.7 Å². The molecule has 0 atom stereocenters. The molecule has 1 N–H and O–H groups in total. The van der Waals surface area contributed by atoms with Crippen LogP contribution in [0, 0.1) is 5.92 Å². The number of esters is 1. The minimum atomic E-state index is -0.510. The number of hydrogen-bond acceptors (Lipinski definition) is 7. The second-order valence-electron chi connectivity index (χ2n) is 8.24. The number of nitrogens with zero attached hydrogens (tertiary/aromatic N) is 3. The summed E-state index contributed by atoms with van der Waals surface area (Å²) in [5.41, 5.74) is 4.55. The van der Waals surface area contributed by atoms with Crippen molar-refractivity contribution in [2.75, 3.05) is 23.9 Å². The predicted octanol–water partition coefficient (Wildman–Crippen LogP) is 4.33. The number of amides is 2. The molecule has 176 valence electrons. The molecule has 0 unspecified atom stereocenters. The molecule has 2 amide bonds. The van der Waals surface area contributed by atoms with E-state index in [1.165, 1.54) is 25.4 Å². The van der Waals surface area contributed by atoms with Crippen molar-refractivity contribution in [1.29, 1.82) is 0 Å². The summed E-state index contributed by atoms with van der Waals surface area (Å²) in [6, 6.07) is 8.84. The SMILES string of the molecule is COC(=O)c1cc(-c2ccc(NC(=O)CCc3cncs3)cn2)ccc1N(CC1CC1)C(C)=O. The molecule has 2 aromatic heterocycles. The second-order valence-corrected chi connectivity index (χ2v) is 9.22. The van der Waals surface area contributed by atoms with E-state index in [1.807, 2.05) is 6.07 Å². The molecule has 1 saturated carbocycles. The van der Waals surface area contributed by atoms with Crippen molar-refractivity contribution in [3.8, 4) is 11.3 Å². The molecule has 1 aromatic carbocycles. The number of methoxy groups -OCH3 is 1. The van der Waals surface area contributed by atoms with Gasteiger partial charge in [-0.3, -0.25) is 19.6 Å². The van der Waals surface area contributed by atoms with Gasteiger partial charge in [0.1, 0.15) is 0 Å². The molecule has 0 radical (unpaired) electrons. The highest BCUT2D eigenvalue weighted by molar-refractivity contribution is 7.09. The molecule has 0 spiro atoms. The van der Waals surface area contributed by atoms with Crippen LogP contribution in [0.15, 0.2) is 48.2 Å². The first kappa shape index (κ1) is 23.6. The number of rotatable bonds is 9. The maximum Gasteiger partial charge on any atom is 0.340 e. The monoisotopic (exact) mass is 478 g/mol. The van der Waals surface area contributed by atoms with E-state index in [0.29, 0.717) is 53.5 Å². The molecule has 0 saturated heterocycles. The van der Waals surface area contributed by atoms with Crippen molar-refractivity contribution in [2.45, 2.75) is 32.6 Å². The van der Waals surface area contributed by atoms with Crippen LogP contribution in [0.25, 0.3) is 11.3 Å². The maximum absolute atomic E-state index is 12.5. The molecule has 8 nitrogen and oxygen atoms in total. The van der Waals surface area contributed by atoms with E-state index < -0.39 is 5.97 Å². The first-order valence-corrected chi connectivity index (χ1v) is 12.0. The van der Waals surface area contributed by atoms with Gasteiger partial charge < -0.3 is 15.0 Å². The number of anilines is 2. The molecule has 0 bridgehead atoms. The van der Waals surface area contributed by atoms with E-state index in [0.717, 1.165) is 17.7 Å². The Labute approximate surface area is 202 Å². The summed E-state index contributed by atoms with van der Waals surface area (Å²) in [4.78, 5) is 48.2. The fourth-order valence-electron chi connectivity index (χ4n) is 3.62. The van der Waals surface area contributed by atoms with E-state index in [1.54, 1.807) is 47.1 Å². The summed E-state index contributed by atoms with van der Waals surface area (Å²) in [6.45, 7) is 2.09. The largest absolute Gasteiger partial charge is 0.465 e. The number of carbonyl (C=O) groups excluding carboxylic acids is 3. The van der Waals surface area contributed by atoms with E-state index in [-0.39, 0.29) is 11.8 Å². The van der Waals surface area contributed by atoms with Gasteiger partial charge >= 0.3 is 5.97 Å². The molecular formula is C25H26N4O4S. The predicted molar refractivity (Wildman–Crippen MR) is 131 cm³/mol. The molecule has 3 aromatic rings. The van der Waals surface area contributed by atoms with Crippen molar-refractivity contribution in [3.05, 3.63) is 58.7 Å². The second kappa shape index (κ2) is 10.6. The topological polar surface area (TPSA) is 101 Å². The Bertz CT molecular complexity index is 1170. The van der Waals surface area contributed by atoms with Gasteiger partial charge in [-0.1, -0.05) is 6.07 Å². The van der Waals surface area contributed by atoms with Crippen LogP contribution in [0.2, 0.25) is 0 Å². The summed E-state index contributed by atoms with van der Waals surface area (Å²) in [6.07, 6.45) is 6.54. The summed E-state index contributed by atoms with van der Waals surface area (Å²) in [7, 11) is 1.32. The lowest BCUT2D eigenvalue weighted by Crippen LogP contribution is -2.32. The highest BCUT2D eigenvalue weighted by atomic mass is 32.1. The van der Waals surface area contributed by atoms with Crippen LogP contribution in [0.4, 0.5) is 11.4 Å². The molecule has 34 heavy (non-hydrogen) atoms. The van der Waals surface area contributed by atoms with Gasteiger partial charge in [-0.05, 0) is 49.4 Å². The maximum atomic E-state index is 12.5. The molecule has 1 aliphatic rings. The van der Waals surface area contributed by atoms with Crippen LogP contribution in [0.5, 0.6) is 0 Å². The van der Waals surface area contributed by atoms with Crippen LogP contribution in [0.1, 0.15) is 41.4 Å². The molecule has 1 fully saturated rings. The van der Waals surface area contributed by atoms with Crippen LogP contribution >= 0.6 is 11.3 Å². The van der Waals surface area contributed by atoms with Crippen molar-refractivity contribution in [1.82, 2.24) is 9.97 Å². The van der Waals surface area contributed by atoms with Gasteiger partial charge in [0.25, 0.3) is 0 Å². The van der Waals surface area contributed by atoms with Gasteiger partial charge in [0.2, 0.25) is 11.8 Å². The molecule has 2 heterocycles. The third-order valence-electron chi connectivity index (χ3n) is 5.64. The summed E-state index contributed by atoms with van der Waals surface area (Å²) in [5, 5.41) is 2.85. The third-order valence-corrected chi connectivity index (χ3v) is 6.47. The zero-order chi connectivity index (χ0) is 24.1. The molecule has 4 rings (SSSR count). The third kappa shape index (κ3) is 5.85. The fraction of sp³-hybridized carbons (Fsp3) is 0.320. The highest BCUT2D eigenvalue weighted by Gasteiger charge is 2.29. The number of pyridine rings is 1. The molecule has 0 aliphatic heterocycles. The van der Waals surface area contributed by atoms with Crippen molar-refractivity contribution < 1.29 is 19.1 Å². The Morgan fingerprint density at radius 2 is 2.00 bits per heavy atom. The molecular weight excluding hydrogens is 452 g/mol. The quantitative estimate of drug-likeness (QED) is 0.460. The Hall–Kier alpha value is -3.59. The number of aromatic nitrogens is 2. The minimum Gasteiger partial charge on any atom is -0.465 e. The zero-order valence-corrected chi connectivity index (χ0v) is 19.9. The van der Waals surface area contributed by atoms with Gasteiger partial charge in [-0.25, -0.2) is 4.79 Å². The number of hydrogen-bond donors (Lipinski definition) is 1. The Balaban J connectivity index is 1.50. The number of carbonyl (C=O) groups is 3. The Morgan fingerprint density at radius 3 is 2.62 bits per heavy atom. The molecule has 1 aliphatic carbocycles. The molecule has 9 heteroatoms. The van der Waals surface area contributed by atoms with Gasteiger partial charge in [-0.15, -0.1) is 11.3 Å². The summed E-state index contributed by atoms with van der Waals surface area (Å²) >= 11 is 1.53. The minimum absolute atomic E-state index is 0.0970. The van der Waals surface area contributed by atoms with Crippen molar-refractivity contribution >= 4 is 40.5 Å². The smallest absolute Gasteiger partial charge is 0.340 e. The van der Waals surface area contributed by atoms with Gasteiger partial charge in [0.05, 0.1) is 41.4 Å². The summed E-state index contributed by atoms with van der Waals surface area (Å²) in [5.74, 6) is -0.247. The lowest BCUT2D eigenvalue weighted by molar-refractivity contribution is -0.117. The lowest BCUT2D eigenvalue weighted by atomic mass is 10.0. The van der Waals surface area contributed by atoms with Gasteiger partial charge in [0.15, 0.2) is 0 Å². The van der Waals surface area contributed by atoms with E-state index in [2.05, 4.69) is 15.3 Å². The van der Waals surface area contributed by atoms with E-state index in [4.69, 9.17) is 4.74 Å². The van der Waals surface area contributed by atoms with Crippen LogP contribution in [0.3, 0.4) is 0 Å². The average molecular weight is 479 g/mol.